The highest BCUT2D eigenvalue weighted by atomic mass is 16.6. The smallest absolute Gasteiger partial charge is 0.415 e. The first-order valence-corrected chi connectivity index (χ1v) is 12.4. The summed E-state index contributed by atoms with van der Waals surface area (Å²) in [5, 5.41) is 3.80. The van der Waals surface area contributed by atoms with E-state index < -0.39 is 12.1 Å². The van der Waals surface area contributed by atoms with Crippen LogP contribution < -0.4 is 9.47 Å². The van der Waals surface area contributed by atoms with E-state index in [1.165, 1.54) is 0 Å². The Bertz CT molecular complexity index is 1580. The Morgan fingerprint density at radius 2 is 1.30 bits per heavy atom. The van der Waals surface area contributed by atoms with E-state index >= 15 is 0 Å². The summed E-state index contributed by atoms with van der Waals surface area (Å²) in [6.45, 7) is 4.78. The van der Waals surface area contributed by atoms with Crippen molar-refractivity contribution in [2.45, 2.75) is 13.8 Å². The Hall–Kier alpha value is -4.64. The van der Waals surface area contributed by atoms with Crippen LogP contribution in [0.15, 0.2) is 103 Å². The van der Waals surface area contributed by atoms with Crippen molar-refractivity contribution in [1.82, 2.24) is 4.90 Å². The number of ether oxygens (including phenoxy) is 2. The molecule has 5 heteroatoms. The quantitative estimate of drug-likeness (QED) is 0.181. The van der Waals surface area contributed by atoms with Crippen molar-refractivity contribution < 1.29 is 19.1 Å². The average molecular weight is 490 g/mol. The lowest BCUT2D eigenvalue weighted by atomic mass is 9.92. The second kappa shape index (κ2) is 10.5. The van der Waals surface area contributed by atoms with Crippen LogP contribution in [0.25, 0.3) is 32.7 Å². The minimum absolute atomic E-state index is 0.197. The van der Waals surface area contributed by atoms with Crippen LogP contribution >= 0.6 is 0 Å². The summed E-state index contributed by atoms with van der Waals surface area (Å²) >= 11 is 0. The number of carbonyl (C=O) groups excluding carboxylic acids is 2. The van der Waals surface area contributed by atoms with Gasteiger partial charge in [-0.3, -0.25) is 0 Å². The van der Waals surface area contributed by atoms with Gasteiger partial charge in [-0.1, -0.05) is 84.9 Å². The molecule has 0 saturated heterocycles. The van der Waals surface area contributed by atoms with Crippen molar-refractivity contribution in [1.29, 1.82) is 0 Å². The number of benzene rings is 5. The molecule has 184 valence electrons. The largest absolute Gasteiger partial charge is 0.418 e. The molecule has 0 fully saturated rings. The van der Waals surface area contributed by atoms with Crippen molar-refractivity contribution in [2.24, 2.45) is 0 Å². The van der Waals surface area contributed by atoms with Gasteiger partial charge in [0, 0.05) is 18.7 Å². The predicted molar refractivity (Wildman–Crippen MR) is 147 cm³/mol. The van der Waals surface area contributed by atoms with Crippen LogP contribution in [-0.2, 0) is 0 Å². The summed E-state index contributed by atoms with van der Waals surface area (Å²) in [5.41, 5.74) is 1.98. The van der Waals surface area contributed by atoms with Gasteiger partial charge in [-0.15, -0.1) is 0 Å². The number of nitrogens with zero attached hydrogens (tertiary/aromatic N) is 1. The average Bonchev–Trinajstić information content (AvgIpc) is 2.94. The third-order valence-electron chi connectivity index (χ3n) is 6.45. The molecule has 37 heavy (non-hydrogen) atoms. The summed E-state index contributed by atoms with van der Waals surface area (Å²) in [5.74, 6) is -0.121. The number of amides is 1. The zero-order valence-corrected chi connectivity index (χ0v) is 20.8. The molecule has 0 aromatic heterocycles. The number of carbonyl (C=O) groups is 2. The molecule has 0 aliphatic rings. The molecular formula is C32H27NO4. The summed E-state index contributed by atoms with van der Waals surface area (Å²) in [6.07, 6.45) is -0.499. The zero-order valence-electron chi connectivity index (χ0n) is 20.8. The van der Waals surface area contributed by atoms with Crippen LogP contribution in [0, 0.1) is 0 Å². The van der Waals surface area contributed by atoms with Crippen molar-refractivity contribution in [3.63, 3.8) is 0 Å². The Labute approximate surface area is 215 Å². The normalized spacial score (nSPS) is 10.9. The van der Waals surface area contributed by atoms with Crippen LogP contribution in [-0.4, -0.2) is 30.1 Å². The van der Waals surface area contributed by atoms with Gasteiger partial charge in [-0.25, -0.2) is 9.59 Å². The van der Waals surface area contributed by atoms with Crippen molar-refractivity contribution in [3.05, 3.63) is 109 Å². The molecule has 0 N–H and O–H groups in total. The number of hydrogen-bond donors (Lipinski definition) is 0. The molecule has 5 aromatic carbocycles. The van der Waals surface area contributed by atoms with E-state index in [4.69, 9.17) is 9.47 Å². The molecular weight excluding hydrogens is 462 g/mol. The lowest BCUT2D eigenvalue weighted by Crippen LogP contribution is -2.33. The third kappa shape index (κ3) is 4.76. The van der Waals surface area contributed by atoms with Gasteiger partial charge in [0.25, 0.3) is 0 Å². The maximum absolute atomic E-state index is 13.3. The second-order valence-corrected chi connectivity index (χ2v) is 8.62. The van der Waals surface area contributed by atoms with Gasteiger partial charge < -0.3 is 14.4 Å². The Morgan fingerprint density at radius 3 is 2.03 bits per heavy atom. The Kier molecular flexibility index (Phi) is 6.86. The van der Waals surface area contributed by atoms with Crippen LogP contribution in [0.4, 0.5) is 4.79 Å². The first kappa shape index (κ1) is 24.1. The minimum Gasteiger partial charge on any atom is -0.418 e. The molecule has 0 spiro atoms. The lowest BCUT2D eigenvalue weighted by Gasteiger charge is -2.22. The van der Waals surface area contributed by atoms with Gasteiger partial charge in [0.1, 0.15) is 0 Å². The molecule has 5 aromatic rings. The van der Waals surface area contributed by atoms with Crippen molar-refractivity contribution in [3.8, 4) is 22.6 Å². The van der Waals surface area contributed by atoms with E-state index in [0.717, 1.165) is 27.1 Å². The number of fused-ring (bicyclic) bond motifs is 2. The van der Waals surface area contributed by atoms with Gasteiger partial charge >= 0.3 is 12.1 Å². The van der Waals surface area contributed by atoms with Crippen LogP contribution in [0.5, 0.6) is 11.5 Å². The van der Waals surface area contributed by atoms with E-state index in [0.29, 0.717) is 24.2 Å². The SMILES string of the molecule is CCN(CC)C(=O)Oc1cc2ccccc2c(-c2cccc3ccccc23)c1OC(=O)c1ccccc1. The number of rotatable bonds is 6. The topological polar surface area (TPSA) is 55.8 Å². The van der Waals surface area contributed by atoms with E-state index in [1.807, 2.05) is 86.6 Å². The molecule has 1 amide bonds. The second-order valence-electron chi connectivity index (χ2n) is 8.62. The maximum Gasteiger partial charge on any atom is 0.415 e. The highest BCUT2D eigenvalue weighted by molar-refractivity contribution is 6.10. The van der Waals surface area contributed by atoms with Gasteiger partial charge in [0.15, 0.2) is 11.5 Å². The fourth-order valence-electron chi connectivity index (χ4n) is 4.56. The summed E-state index contributed by atoms with van der Waals surface area (Å²) in [6, 6.07) is 32.5. The molecule has 0 radical (unpaired) electrons. The number of hydrogen-bond acceptors (Lipinski definition) is 4. The van der Waals surface area contributed by atoms with E-state index in [9.17, 15) is 9.59 Å². The molecule has 0 unspecified atom stereocenters. The lowest BCUT2D eigenvalue weighted by molar-refractivity contribution is 0.0728. The first-order chi connectivity index (χ1) is 18.1. The van der Waals surface area contributed by atoms with Gasteiger partial charge in [0.2, 0.25) is 0 Å². The van der Waals surface area contributed by atoms with E-state index in [-0.39, 0.29) is 11.5 Å². The molecule has 0 heterocycles. The molecule has 5 nitrogen and oxygen atoms in total. The van der Waals surface area contributed by atoms with Crippen LogP contribution in [0.1, 0.15) is 24.2 Å². The molecule has 0 bridgehead atoms. The molecule has 5 rings (SSSR count). The monoisotopic (exact) mass is 489 g/mol. The summed E-state index contributed by atoms with van der Waals surface area (Å²) in [7, 11) is 0. The van der Waals surface area contributed by atoms with Gasteiger partial charge in [-0.05, 0) is 59.2 Å². The van der Waals surface area contributed by atoms with Crippen LogP contribution in [0.3, 0.4) is 0 Å². The van der Waals surface area contributed by atoms with Crippen LogP contribution in [0.2, 0.25) is 0 Å². The summed E-state index contributed by atoms with van der Waals surface area (Å²) in [4.78, 5) is 27.9. The molecule has 0 atom stereocenters. The predicted octanol–water partition coefficient (Wildman–Crippen LogP) is 7.72. The first-order valence-electron chi connectivity index (χ1n) is 12.4. The Morgan fingerprint density at radius 1 is 0.676 bits per heavy atom. The molecule has 0 aliphatic carbocycles. The highest BCUT2D eigenvalue weighted by Gasteiger charge is 2.25. The van der Waals surface area contributed by atoms with Crippen molar-refractivity contribution in [2.75, 3.05) is 13.1 Å². The van der Waals surface area contributed by atoms with Gasteiger partial charge in [-0.2, -0.15) is 0 Å². The van der Waals surface area contributed by atoms with E-state index in [1.54, 1.807) is 35.2 Å². The molecule has 0 saturated carbocycles. The maximum atomic E-state index is 13.3. The fraction of sp³-hybridized carbons (Fsp3) is 0.125. The molecule has 0 aliphatic heterocycles. The van der Waals surface area contributed by atoms with Gasteiger partial charge in [0.05, 0.1) is 5.56 Å². The highest BCUT2D eigenvalue weighted by Crippen LogP contribution is 2.46. The number of esters is 1. The minimum atomic E-state index is -0.530. The third-order valence-corrected chi connectivity index (χ3v) is 6.45. The Balaban J connectivity index is 1.79. The van der Waals surface area contributed by atoms with E-state index in [2.05, 4.69) is 0 Å². The van der Waals surface area contributed by atoms with Crippen molar-refractivity contribution >= 4 is 33.6 Å². The summed E-state index contributed by atoms with van der Waals surface area (Å²) < 4.78 is 12.0. The standard InChI is InChI=1S/C32H27NO4/c1-3-33(4-2)32(35)36-28-21-24-16-9-11-19-26(24)29(27-20-12-17-22-13-8-10-18-25(22)27)30(28)37-31(34)23-14-6-5-7-15-23/h5-21H,3-4H2,1-2H3. The fourth-order valence-corrected chi connectivity index (χ4v) is 4.56. The zero-order chi connectivity index (χ0) is 25.8.